The molecular formula is C30H27N3O5S2. The molecule has 1 atom stereocenters. The summed E-state index contributed by atoms with van der Waals surface area (Å²) in [6.07, 6.45) is 0.865. The second kappa shape index (κ2) is 12.4. The van der Waals surface area contributed by atoms with Crippen LogP contribution in [-0.2, 0) is 15.3 Å². The van der Waals surface area contributed by atoms with E-state index in [0.29, 0.717) is 39.3 Å². The second-order valence-electron chi connectivity index (χ2n) is 8.94. The van der Waals surface area contributed by atoms with Crippen LogP contribution < -0.4 is 14.4 Å². The lowest BCUT2D eigenvalue weighted by atomic mass is 9.95. The average Bonchev–Trinajstić information content (AvgIpc) is 3.57. The number of aliphatic hydroxyl groups excluding tert-OH is 1. The molecule has 1 aliphatic heterocycles. The van der Waals surface area contributed by atoms with Crippen LogP contribution >= 0.6 is 23.1 Å². The quantitative estimate of drug-likeness (QED) is 0.0781. The van der Waals surface area contributed by atoms with Gasteiger partial charge in [-0.25, -0.2) is 0 Å². The molecule has 5 rings (SSSR count). The molecule has 8 nitrogen and oxygen atoms in total. The Kier molecular flexibility index (Phi) is 8.47. The second-order valence-corrected chi connectivity index (χ2v) is 11.1. The third kappa shape index (κ3) is 5.73. The van der Waals surface area contributed by atoms with Gasteiger partial charge in [0.25, 0.3) is 5.78 Å². The van der Waals surface area contributed by atoms with Crippen molar-refractivity contribution in [1.29, 1.82) is 0 Å². The molecular weight excluding hydrogens is 546 g/mol. The van der Waals surface area contributed by atoms with Gasteiger partial charge in [0.15, 0.2) is 4.34 Å². The third-order valence-electron chi connectivity index (χ3n) is 6.26. The molecule has 2 heterocycles. The number of Topliss-reactive ketones (excluding diaryl/α,β-unsaturated/α-hetero) is 1. The van der Waals surface area contributed by atoms with Crippen LogP contribution in [0.2, 0.25) is 0 Å². The Bertz CT molecular complexity index is 1540. The summed E-state index contributed by atoms with van der Waals surface area (Å²) in [6, 6.07) is 22.9. The fraction of sp³-hybridized carbons (Fsp3) is 0.200. The first kappa shape index (κ1) is 27.4. The highest BCUT2D eigenvalue weighted by Gasteiger charge is 2.48. The Labute approximate surface area is 240 Å². The van der Waals surface area contributed by atoms with Crippen molar-refractivity contribution in [2.24, 2.45) is 0 Å². The number of carbonyl (C=O) groups excluding carboxylic acids is 2. The number of nitrogens with zero attached hydrogens (tertiary/aromatic N) is 3. The average molecular weight is 574 g/mol. The van der Waals surface area contributed by atoms with Gasteiger partial charge in [0.05, 0.1) is 25.3 Å². The van der Waals surface area contributed by atoms with E-state index in [1.54, 1.807) is 55.6 Å². The number of aromatic nitrogens is 2. The fourth-order valence-electron chi connectivity index (χ4n) is 4.32. The number of rotatable bonds is 10. The maximum Gasteiger partial charge on any atom is 0.301 e. The van der Waals surface area contributed by atoms with Crippen LogP contribution in [0, 0.1) is 0 Å². The molecule has 1 aliphatic rings. The van der Waals surface area contributed by atoms with E-state index in [9.17, 15) is 14.7 Å². The molecule has 1 fully saturated rings. The third-order valence-corrected chi connectivity index (χ3v) is 8.39. The van der Waals surface area contributed by atoms with Gasteiger partial charge in [0.1, 0.15) is 17.3 Å². The van der Waals surface area contributed by atoms with Crippen LogP contribution in [-0.4, -0.2) is 40.7 Å². The first-order valence-electron chi connectivity index (χ1n) is 12.7. The van der Waals surface area contributed by atoms with E-state index >= 15 is 0 Å². The lowest BCUT2D eigenvalue weighted by molar-refractivity contribution is -0.132. The van der Waals surface area contributed by atoms with Gasteiger partial charge >= 0.3 is 5.91 Å². The molecule has 0 radical (unpaired) electrons. The largest absolute Gasteiger partial charge is 0.507 e. The highest BCUT2D eigenvalue weighted by Crippen LogP contribution is 2.44. The van der Waals surface area contributed by atoms with Crippen molar-refractivity contribution >= 4 is 45.7 Å². The smallest absolute Gasteiger partial charge is 0.301 e. The number of ether oxygens (including phenoxy) is 2. The van der Waals surface area contributed by atoms with Crippen LogP contribution in [0.15, 0.2) is 88.8 Å². The minimum absolute atomic E-state index is 0.0332. The van der Waals surface area contributed by atoms with Gasteiger partial charge in [-0.2, -0.15) is 0 Å². The van der Waals surface area contributed by atoms with Crippen LogP contribution in [0.4, 0.5) is 5.13 Å². The molecule has 0 spiro atoms. The molecule has 1 aromatic heterocycles. The lowest BCUT2D eigenvalue weighted by Gasteiger charge is -2.23. The van der Waals surface area contributed by atoms with E-state index in [4.69, 9.17) is 9.47 Å². The van der Waals surface area contributed by atoms with Crippen LogP contribution in [0.1, 0.15) is 36.1 Å². The predicted octanol–water partition coefficient (Wildman–Crippen LogP) is 6.25. The minimum atomic E-state index is -0.925. The van der Waals surface area contributed by atoms with Crippen molar-refractivity contribution in [2.75, 3.05) is 18.6 Å². The zero-order valence-corrected chi connectivity index (χ0v) is 23.6. The van der Waals surface area contributed by atoms with Gasteiger partial charge in [-0.1, -0.05) is 72.5 Å². The molecule has 204 valence electrons. The van der Waals surface area contributed by atoms with E-state index in [-0.39, 0.29) is 16.5 Å². The molecule has 4 aromatic rings. The zero-order valence-electron chi connectivity index (χ0n) is 21.9. The van der Waals surface area contributed by atoms with Crippen molar-refractivity contribution in [2.45, 2.75) is 29.5 Å². The molecule has 0 aliphatic carbocycles. The Balaban J connectivity index is 1.53. The van der Waals surface area contributed by atoms with Gasteiger partial charge in [-0.05, 0) is 53.9 Å². The first-order chi connectivity index (χ1) is 19.5. The molecule has 1 unspecified atom stereocenters. The summed E-state index contributed by atoms with van der Waals surface area (Å²) in [5.74, 6) is 0.0256. The minimum Gasteiger partial charge on any atom is -0.507 e. The Morgan fingerprint density at radius 3 is 2.50 bits per heavy atom. The number of benzene rings is 3. The molecule has 0 saturated carbocycles. The van der Waals surface area contributed by atoms with Crippen molar-refractivity contribution in [3.05, 3.63) is 101 Å². The number of methoxy groups -OCH3 is 1. The van der Waals surface area contributed by atoms with Crippen LogP contribution in [0.3, 0.4) is 0 Å². The topological polar surface area (TPSA) is 102 Å². The standard InChI is InChI=1S/C30H27N3O5S2/c1-3-16-38-22-14-12-20(13-15-22)26(34)24-25(21-10-7-11-23(17-21)37-2)33(28(36)27(24)35)29-31-32-30(40-29)39-18-19-8-5-4-6-9-19/h4-15,17,25,34H,3,16,18H2,1-2H3/b26-24+. The molecule has 10 heteroatoms. The van der Waals surface area contributed by atoms with Crippen molar-refractivity contribution < 1.29 is 24.2 Å². The van der Waals surface area contributed by atoms with Gasteiger partial charge in [0.2, 0.25) is 5.13 Å². The van der Waals surface area contributed by atoms with E-state index < -0.39 is 17.7 Å². The van der Waals surface area contributed by atoms with Gasteiger partial charge < -0.3 is 14.6 Å². The summed E-state index contributed by atoms with van der Waals surface area (Å²) in [6.45, 7) is 2.58. The molecule has 1 N–H and O–H groups in total. The number of hydrogen-bond acceptors (Lipinski definition) is 9. The van der Waals surface area contributed by atoms with E-state index in [0.717, 1.165) is 12.0 Å². The zero-order chi connectivity index (χ0) is 28.1. The lowest BCUT2D eigenvalue weighted by Crippen LogP contribution is -2.29. The van der Waals surface area contributed by atoms with Crippen molar-refractivity contribution in [3.8, 4) is 11.5 Å². The summed E-state index contributed by atoms with van der Waals surface area (Å²) in [4.78, 5) is 28.2. The number of thioether (sulfide) groups is 1. The maximum atomic E-state index is 13.5. The number of amides is 1. The van der Waals surface area contributed by atoms with Crippen LogP contribution in [0.25, 0.3) is 5.76 Å². The SMILES string of the molecule is CCCOc1ccc(/C(O)=C2\C(=O)C(=O)N(c3nnc(SCc4ccccc4)s3)C2c2cccc(OC)c2)cc1. The molecule has 1 amide bonds. The van der Waals surface area contributed by atoms with E-state index in [1.807, 2.05) is 37.3 Å². The Morgan fingerprint density at radius 2 is 1.77 bits per heavy atom. The van der Waals surface area contributed by atoms with Crippen LogP contribution in [0.5, 0.6) is 11.5 Å². The number of aliphatic hydroxyl groups is 1. The molecule has 0 bridgehead atoms. The molecule has 1 saturated heterocycles. The summed E-state index contributed by atoms with van der Waals surface area (Å²) in [5, 5.41) is 20.2. The Hall–Kier alpha value is -4.15. The van der Waals surface area contributed by atoms with E-state index in [2.05, 4.69) is 10.2 Å². The van der Waals surface area contributed by atoms with Gasteiger partial charge in [-0.15, -0.1) is 10.2 Å². The molecule has 3 aromatic carbocycles. The first-order valence-corrected chi connectivity index (χ1v) is 14.5. The van der Waals surface area contributed by atoms with Gasteiger partial charge in [-0.3, -0.25) is 14.5 Å². The van der Waals surface area contributed by atoms with E-state index in [1.165, 1.54) is 28.0 Å². The number of hydrogen-bond donors (Lipinski definition) is 1. The predicted molar refractivity (Wildman–Crippen MR) is 156 cm³/mol. The van der Waals surface area contributed by atoms with Crippen molar-refractivity contribution in [1.82, 2.24) is 10.2 Å². The fourth-order valence-corrected chi connectivity index (χ4v) is 6.14. The normalized spacial score (nSPS) is 16.4. The summed E-state index contributed by atoms with van der Waals surface area (Å²) in [7, 11) is 1.54. The number of anilines is 1. The summed E-state index contributed by atoms with van der Waals surface area (Å²) < 4.78 is 11.7. The summed E-state index contributed by atoms with van der Waals surface area (Å²) in [5.41, 5.74) is 2.09. The maximum absolute atomic E-state index is 13.5. The highest BCUT2D eigenvalue weighted by atomic mass is 32.2. The summed E-state index contributed by atoms with van der Waals surface area (Å²) >= 11 is 2.72. The highest BCUT2D eigenvalue weighted by molar-refractivity contribution is 8.00. The number of carbonyl (C=O) groups is 2. The van der Waals surface area contributed by atoms with Crippen molar-refractivity contribution in [3.63, 3.8) is 0 Å². The van der Waals surface area contributed by atoms with Gasteiger partial charge in [0, 0.05) is 11.3 Å². The molecule has 40 heavy (non-hydrogen) atoms. The monoisotopic (exact) mass is 573 g/mol. The number of ketones is 1. The Morgan fingerprint density at radius 1 is 1.00 bits per heavy atom.